The average Bonchev–Trinajstić information content (AvgIpc) is 3.17. The number of nitrogens with one attached hydrogen (secondary N) is 1. The van der Waals surface area contributed by atoms with Crippen molar-refractivity contribution < 1.29 is 19.0 Å². The van der Waals surface area contributed by atoms with Crippen molar-refractivity contribution in [2.75, 3.05) is 11.1 Å². The number of aromatic nitrogens is 1. The van der Waals surface area contributed by atoms with E-state index in [0.717, 1.165) is 0 Å². The van der Waals surface area contributed by atoms with E-state index in [-0.39, 0.29) is 16.8 Å². The van der Waals surface area contributed by atoms with Crippen molar-refractivity contribution in [2.45, 2.75) is 0 Å². The molecule has 0 saturated carbocycles. The minimum Gasteiger partial charge on any atom is -0.437 e. The Balaban J connectivity index is 1.90. The Morgan fingerprint density at radius 1 is 1.31 bits per heavy atom. The number of rotatable bonds is 4. The Morgan fingerprint density at radius 2 is 2.12 bits per heavy atom. The number of carbonyl (C=O) groups is 1. The van der Waals surface area contributed by atoms with Gasteiger partial charge in [-0.05, 0) is 30.3 Å². The molecule has 0 bridgehead atoms. The highest BCUT2D eigenvalue weighted by Crippen LogP contribution is 2.21. The highest BCUT2D eigenvalue weighted by atomic mass is 19.1. The lowest BCUT2D eigenvalue weighted by Crippen LogP contribution is -2.41. The molecule has 0 radical (unpaired) electrons. The van der Waals surface area contributed by atoms with Gasteiger partial charge in [0.15, 0.2) is 12.2 Å². The molecule has 1 amide bonds. The molecule has 1 aromatic heterocycles. The van der Waals surface area contributed by atoms with Crippen LogP contribution in [-0.2, 0) is 0 Å². The lowest BCUT2D eigenvalue weighted by molar-refractivity contribution is -0.112. The standard InChI is InChI=1S/C18H12FN5O2/c19-16-10(7-20)2-1-3-12(16)18(25)24-11-4-5-14(21)13(6-11)17(22)15-8-23-9-26-15/h1-6,8-9,22H,21H2,(H,24,25)/p+1. The molecule has 0 aliphatic rings. The molecule has 7 nitrogen and oxygen atoms in total. The highest BCUT2D eigenvalue weighted by molar-refractivity contribution is 6.11. The second kappa shape index (κ2) is 6.86. The number of nitrogens with two attached hydrogens (primary N) is 2. The number of nitrogen functional groups attached to an aromatic ring is 1. The summed E-state index contributed by atoms with van der Waals surface area (Å²) in [4.78, 5) is 16.1. The minimum atomic E-state index is -0.879. The Hall–Kier alpha value is -3.99. The van der Waals surface area contributed by atoms with E-state index >= 15 is 0 Å². The summed E-state index contributed by atoms with van der Waals surface area (Å²) in [6.07, 6.45) is 2.66. The zero-order chi connectivity index (χ0) is 18.7. The van der Waals surface area contributed by atoms with Crippen LogP contribution in [0.5, 0.6) is 0 Å². The van der Waals surface area contributed by atoms with E-state index in [9.17, 15) is 9.18 Å². The topological polar surface area (TPSA) is 131 Å². The maximum Gasteiger partial charge on any atom is 0.258 e. The van der Waals surface area contributed by atoms with E-state index < -0.39 is 11.7 Å². The van der Waals surface area contributed by atoms with Gasteiger partial charge in [-0.1, -0.05) is 6.07 Å². The number of halogens is 1. The molecule has 3 rings (SSSR count). The summed E-state index contributed by atoms with van der Waals surface area (Å²) < 4.78 is 19.3. The van der Waals surface area contributed by atoms with Gasteiger partial charge in [-0.3, -0.25) is 10.2 Å². The molecule has 0 aliphatic heterocycles. The summed E-state index contributed by atoms with van der Waals surface area (Å²) in [5.41, 5.74) is 6.88. The second-order valence-corrected chi connectivity index (χ2v) is 5.31. The maximum atomic E-state index is 14.1. The fourth-order valence-corrected chi connectivity index (χ4v) is 2.34. The Morgan fingerprint density at radius 3 is 2.81 bits per heavy atom. The SMILES string of the molecule is N#Cc1cccc(C(=O)Nc2ccc(N)c(C(=[NH2+])c3cnco3)c2)c1F. The Kier molecular flexibility index (Phi) is 4.45. The minimum absolute atomic E-state index is 0.210. The maximum absolute atomic E-state index is 14.1. The summed E-state index contributed by atoms with van der Waals surface area (Å²) in [6.45, 7) is 0. The van der Waals surface area contributed by atoms with Crippen LogP contribution in [0.15, 0.2) is 53.4 Å². The van der Waals surface area contributed by atoms with Crippen LogP contribution in [0.2, 0.25) is 0 Å². The number of nitrogens with zero attached hydrogens (tertiary/aromatic N) is 2. The summed E-state index contributed by atoms with van der Waals surface area (Å²) in [7, 11) is 0. The van der Waals surface area contributed by atoms with Crippen molar-refractivity contribution >= 4 is 23.0 Å². The third-order valence-electron chi connectivity index (χ3n) is 3.66. The smallest absolute Gasteiger partial charge is 0.258 e. The number of carbonyl (C=O) groups excluding carboxylic acids is 1. The molecule has 2 aromatic carbocycles. The van der Waals surface area contributed by atoms with E-state index in [0.29, 0.717) is 22.7 Å². The molecule has 5 N–H and O–H groups in total. The quantitative estimate of drug-likeness (QED) is 0.479. The van der Waals surface area contributed by atoms with E-state index in [4.69, 9.17) is 20.8 Å². The third kappa shape index (κ3) is 3.14. The lowest BCUT2D eigenvalue weighted by atomic mass is 10.0. The van der Waals surface area contributed by atoms with Crippen molar-refractivity contribution in [1.29, 1.82) is 5.26 Å². The number of hydrogen-bond acceptors (Lipinski definition) is 5. The second-order valence-electron chi connectivity index (χ2n) is 5.31. The monoisotopic (exact) mass is 350 g/mol. The van der Waals surface area contributed by atoms with Gasteiger partial charge in [-0.2, -0.15) is 5.26 Å². The van der Waals surface area contributed by atoms with Gasteiger partial charge >= 0.3 is 0 Å². The molecule has 0 atom stereocenters. The van der Waals surface area contributed by atoms with Crippen molar-refractivity contribution in [3.05, 3.63) is 77.3 Å². The molecule has 0 saturated heterocycles. The van der Waals surface area contributed by atoms with Crippen LogP contribution in [0.3, 0.4) is 0 Å². The van der Waals surface area contributed by atoms with Crippen molar-refractivity contribution in [3.8, 4) is 6.07 Å². The number of anilines is 2. The van der Waals surface area contributed by atoms with Gasteiger partial charge in [0.05, 0.1) is 22.9 Å². The van der Waals surface area contributed by atoms with Gasteiger partial charge in [-0.25, -0.2) is 9.37 Å². The molecule has 8 heteroatoms. The summed E-state index contributed by atoms with van der Waals surface area (Å²) >= 11 is 0. The lowest BCUT2D eigenvalue weighted by Gasteiger charge is -2.09. The Labute approximate surface area is 147 Å². The molecule has 0 fully saturated rings. The molecule has 0 spiro atoms. The largest absolute Gasteiger partial charge is 0.437 e. The number of hydrogen-bond donors (Lipinski definition) is 3. The Bertz CT molecular complexity index is 1040. The normalized spacial score (nSPS) is 10.2. The van der Waals surface area contributed by atoms with E-state index in [1.165, 1.54) is 36.9 Å². The van der Waals surface area contributed by atoms with Crippen LogP contribution in [0, 0.1) is 17.1 Å². The summed E-state index contributed by atoms with van der Waals surface area (Å²) in [5.74, 6) is -1.25. The van der Waals surface area contributed by atoms with Crippen LogP contribution in [0.25, 0.3) is 0 Å². The molecule has 1 heterocycles. The van der Waals surface area contributed by atoms with Crippen LogP contribution < -0.4 is 16.5 Å². The van der Waals surface area contributed by atoms with Crippen molar-refractivity contribution in [1.82, 2.24) is 4.98 Å². The summed E-state index contributed by atoms with van der Waals surface area (Å²) in [5, 5.41) is 17.5. The molecule has 0 unspecified atom stereocenters. The predicted molar refractivity (Wildman–Crippen MR) is 91.6 cm³/mol. The first-order chi connectivity index (χ1) is 12.5. The molecular formula is C18H13FN5O2+. The predicted octanol–water partition coefficient (Wildman–Crippen LogP) is 1.12. The van der Waals surface area contributed by atoms with Gasteiger partial charge in [0, 0.05) is 11.4 Å². The van der Waals surface area contributed by atoms with Gasteiger partial charge in [0.25, 0.3) is 11.6 Å². The fourth-order valence-electron chi connectivity index (χ4n) is 2.34. The van der Waals surface area contributed by atoms with Crippen LogP contribution in [0.4, 0.5) is 15.8 Å². The van der Waals surface area contributed by atoms with Gasteiger partial charge < -0.3 is 15.5 Å². The van der Waals surface area contributed by atoms with Crippen molar-refractivity contribution in [2.24, 2.45) is 0 Å². The van der Waals surface area contributed by atoms with Crippen LogP contribution in [0.1, 0.15) is 27.2 Å². The van der Waals surface area contributed by atoms with Crippen LogP contribution in [-0.4, -0.2) is 16.6 Å². The number of nitriles is 1. The zero-order valence-corrected chi connectivity index (χ0v) is 13.4. The summed E-state index contributed by atoms with van der Waals surface area (Å²) in [6, 6.07) is 10.4. The number of oxazole rings is 1. The molecular weight excluding hydrogens is 337 g/mol. The molecule has 3 aromatic rings. The van der Waals surface area contributed by atoms with Crippen molar-refractivity contribution in [3.63, 3.8) is 0 Å². The van der Waals surface area contributed by atoms with Gasteiger partial charge in [-0.15, -0.1) is 0 Å². The molecule has 26 heavy (non-hydrogen) atoms. The van der Waals surface area contributed by atoms with E-state index in [2.05, 4.69) is 10.3 Å². The number of benzene rings is 2. The fraction of sp³-hybridized carbons (Fsp3) is 0. The van der Waals surface area contributed by atoms with Crippen LogP contribution >= 0.6 is 0 Å². The average molecular weight is 350 g/mol. The first-order valence-electron chi connectivity index (χ1n) is 7.42. The molecule has 0 aliphatic carbocycles. The zero-order valence-electron chi connectivity index (χ0n) is 13.4. The highest BCUT2D eigenvalue weighted by Gasteiger charge is 2.19. The van der Waals surface area contributed by atoms with E-state index in [1.807, 2.05) is 0 Å². The van der Waals surface area contributed by atoms with Gasteiger partial charge in [0.2, 0.25) is 5.76 Å². The van der Waals surface area contributed by atoms with Gasteiger partial charge in [0.1, 0.15) is 6.07 Å². The number of amides is 1. The third-order valence-corrected chi connectivity index (χ3v) is 3.66. The first kappa shape index (κ1) is 16.9. The molecule has 128 valence electrons. The first-order valence-corrected chi connectivity index (χ1v) is 7.42. The van der Waals surface area contributed by atoms with E-state index in [1.54, 1.807) is 18.2 Å².